The highest BCUT2D eigenvalue weighted by Gasteiger charge is 2.30. The van der Waals surface area contributed by atoms with Gasteiger partial charge in [-0.1, -0.05) is 0 Å². The lowest BCUT2D eigenvalue weighted by molar-refractivity contribution is -0.137. The minimum Gasteiger partial charge on any atom is -0.368 e. The number of hydrogen-bond acceptors (Lipinski definition) is 7. The lowest BCUT2D eigenvalue weighted by atomic mass is 10.3. The van der Waals surface area contributed by atoms with Crippen LogP contribution in [-0.2, 0) is 6.18 Å². The molecule has 10 heteroatoms. The molecule has 0 fully saturated rings. The molecule has 0 aliphatic carbocycles. The van der Waals surface area contributed by atoms with Crippen molar-refractivity contribution in [3.63, 3.8) is 0 Å². The molecule has 0 radical (unpaired) electrons. The van der Waals surface area contributed by atoms with Crippen molar-refractivity contribution >= 4 is 23.7 Å². The summed E-state index contributed by atoms with van der Waals surface area (Å²) in [5.41, 5.74) is 4.75. The predicted molar refractivity (Wildman–Crippen MR) is 71.9 cm³/mol. The largest absolute Gasteiger partial charge is 0.417 e. The van der Waals surface area contributed by atoms with Crippen molar-refractivity contribution < 1.29 is 13.2 Å². The third-order valence-corrected chi connectivity index (χ3v) is 3.10. The van der Waals surface area contributed by atoms with Crippen LogP contribution in [0.1, 0.15) is 5.56 Å². The van der Waals surface area contributed by atoms with Crippen LogP contribution in [0.4, 0.5) is 25.1 Å². The van der Waals surface area contributed by atoms with E-state index in [2.05, 4.69) is 19.9 Å². The average molecular weight is 316 g/mol. The highest BCUT2D eigenvalue weighted by Crippen LogP contribution is 2.30. The van der Waals surface area contributed by atoms with E-state index in [1.54, 1.807) is 19.0 Å². The monoisotopic (exact) mass is 316 g/mol. The van der Waals surface area contributed by atoms with Crippen molar-refractivity contribution in [3.05, 3.63) is 23.9 Å². The number of nitrogens with two attached hydrogens (primary N) is 1. The Balaban J connectivity index is 2.22. The molecule has 2 rings (SSSR count). The fourth-order valence-corrected chi connectivity index (χ4v) is 2.00. The van der Waals surface area contributed by atoms with Crippen LogP contribution in [0.15, 0.2) is 28.5 Å². The number of aromatic nitrogens is 4. The molecule has 2 heterocycles. The van der Waals surface area contributed by atoms with E-state index in [1.807, 2.05) is 0 Å². The second-order valence-corrected chi connectivity index (χ2v) is 5.14. The molecule has 2 aromatic rings. The maximum atomic E-state index is 12.4. The van der Waals surface area contributed by atoms with Crippen molar-refractivity contribution in [1.82, 2.24) is 19.9 Å². The number of nitrogen functional groups attached to an aromatic ring is 1. The summed E-state index contributed by atoms with van der Waals surface area (Å²) in [6, 6.07) is 2.20. The molecule has 2 aromatic heterocycles. The minimum atomic E-state index is -4.41. The highest BCUT2D eigenvalue weighted by molar-refractivity contribution is 7.99. The van der Waals surface area contributed by atoms with Crippen LogP contribution in [0.2, 0.25) is 0 Å². The normalized spacial score (nSPS) is 11.5. The summed E-state index contributed by atoms with van der Waals surface area (Å²) >= 11 is 1.01. The molecule has 2 N–H and O–H groups in total. The van der Waals surface area contributed by atoms with Crippen LogP contribution >= 0.6 is 11.8 Å². The van der Waals surface area contributed by atoms with Gasteiger partial charge in [0, 0.05) is 20.3 Å². The van der Waals surface area contributed by atoms with Gasteiger partial charge >= 0.3 is 6.18 Å². The SMILES string of the molecule is CN(C)c1nc(N)nc(Sc2ccc(C(F)(F)F)cn2)n1. The van der Waals surface area contributed by atoms with Gasteiger partial charge in [0.2, 0.25) is 17.1 Å². The molecule has 112 valence electrons. The van der Waals surface area contributed by atoms with Crippen molar-refractivity contribution in [2.75, 3.05) is 24.7 Å². The zero-order valence-corrected chi connectivity index (χ0v) is 11.9. The van der Waals surface area contributed by atoms with Gasteiger partial charge < -0.3 is 10.6 Å². The third kappa shape index (κ3) is 3.94. The molecule has 0 aromatic carbocycles. The Hall–Kier alpha value is -2.10. The molecule has 0 amide bonds. The number of rotatable bonds is 3. The van der Waals surface area contributed by atoms with Gasteiger partial charge in [0.25, 0.3) is 0 Å². The molecule has 0 spiro atoms. The zero-order valence-electron chi connectivity index (χ0n) is 11.1. The van der Waals surface area contributed by atoms with E-state index >= 15 is 0 Å². The number of hydrogen-bond donors (Lipinski definition) is 1. The predicted octanol–water partition coefficient (Wildman–Crippen LogP) is 2.08. The van der Waals surface area contributed by atoms with Gasteiger partial charge in [0.1, 0.15) is 5.03 Å². The van der Waals surface area contributed by atoms with Gasteiger partial charge in [0.05, 0.1) is 5.56 Å². The molecule has 0 aliphatic rings. The standard InChI is InChI=1S/C11H11F3N6S/c1-20(2)9-17-8(15)18-10(19-9)21-7-4-3-6(5-16-7)11(12,13)14/h3-5H,1-2H3,(H2,15,17,18,19). The molecule has 0 unspecified atom stereocenters. The summed E-state index contributed by atoms with van der Waals surface area (Å²) < 4.78 is 37.3. The Kier molecular flexibility index (Phi) is 4.16. The lowest BCUT2D eigenvalue weighted by Crippen LogP contribution is -2.15. The van der Waals surface area contributed by atoms with Crippen molar-refractivity contribution in [2.45, 2.75) is 16.4 Å². The first kappa shape index (κ1) is 15.3. The summed E-state index contributed by atoms with van der Waals surface area (Å²) in [4.78, 5) is 17.3. The van der Waals surface area contributed by atoms with Crippen LogP contribution in [0, 0.1) is 0 Å². The van der Waals surface area contributed by atoms with Crippen LogP contribution < -0.4 is 10.6 Å². The summed E-state index contributed by atoms with van der Waals surface area (Å²) in [6.45, 7) is 0. The number of halogens is 3. The van der Waals surface area contributed by atoms with Crippen LogP contribution in [0.25, 0.3) is 0 Å². The fraction of sp³-hybridized carbons (Fsp3) is 0.273. The second-order valence-electron chi connectivity index (χ2n) is 4.16. The van der Waals surface area contributed by atoms with Gasteiger partial charge in [0.15, 0.2) is 0 Å². The molecule has 0 aliphatic heterocycles. The van der Waals surface area contributed by atoms with E-state index < -0.39 is 11.7 Å². The van der Waals surface area contributed by atoms with Crippen LogP contribution in [0.3, 0.4) is 0 Å². The first-order chi connectivity index (χ1) is 9.75. The highest BCUT2D eigenvalue weighted by atomic mass is 32.2. The Bertz CT molecular complexity index is 629. The maximum Gasteiger partial charge on any atom is 0.417 e. The van der Waals surface area contributed by atoms with Crippen LogP contribution in [-0.4, -0.2) is 34.0 Å². The molecular formula is C11H11F3N6S. The van der Waals surface area contributed by atoms with E-state index in [1.165, 1.54) is 6.07 Å². The molecule has 0 saturated carbocycles. The zero-order chi connectivity index (χ0) is 15.6. The minimum absolute atomic E-state index is 0.0307. The maximum absolute atomic E-state index is 12.4. The van der Waals surface area contributed by atoms with Crippen molar-refractivity contribution in [3.8, 4) is 0 Å². The smallest absolute Gasteiger partial charge is 0.368 e. The quantitative estimate of drug-likeness (QED) is 0.928. The second kappa shape index (κ2) is 5.72. The van der Waals surface area contributed by atoms with E-state index in [9.17, 15) is 13.2 Å². The molecule has 21 heavy (non-hydrogen) atoms. The summed E-state index contributed by atoms with van der Waals surface area (Å²) in [5, 5.41) is 0.594. The van der Waals surface area contributed by atoms with Gasteiger partial charge in [-0.05, 0) is 23.9 Å². The Morgan fingerprint density at radius 1 is 1.14 bits per heavy atom. The van der Waals surface area contributed by atoms with Crippen LogP contribution in [0.5, 0.6) is 0 Å². The first-order valence-corrected chi connectivity index (χ1v) is 6.47. The molecule has 0 bridgehead atoms. The topological polar surface area (TPSA) is 80.8 Å². The molecule has 6 nitrogen and oxygen atoms in total. The van der Waals surface area contributed by atoms with E-state index in [-0.39, 0.29) is 11.1 Å². The summed E-state index contributed by atoms with van der Waals surface area (Å²) in [7, 11) is 3.47. The summed E-state index contributed by atoms with van der Waals surface area (Å²) in [6.07, 6.45) is -3.65. The van der Waals surface area contributed by atoms with Crippen molar-refractivity contribution in [2.24, 2.45) is 0 Å². The van der Waals surface area contributed by atoms with Gasteiger partial charge in [-0.25, -0.2) is 4.98 Å². The lowest BCUT2D eigenvalue weighted by Gasteiger charge is -2.11. The Labute approximate surface area is 122 Å². The third-order valence-electron chi connectivity index (χ3n) is 2.28. The van der Waals surface area contributed by atoms with Crippen molar-refractivity contribution in [1.29, 1.82) is 0 Å². The van der Waals surface area contributed by atoms with E-state index in [4.69, 9.17) is 5.73 Å². The number of pyridine rings is 1. The molecular weight excluding hydrogens is 305 g/mol. The number of nitrogens with zero attached hydrogens (tertiary/aromatic N) is 5. The molecule has 0 atom stereocenters. The van der Waals surface area contributed by atoms with E-state index in [0.717, 1.165) is 24.0 Å². The average Bonchev–Trinajstić information content (AvgIpc) is 2.37. The van der Waals surface area contributed by atoms with E-state index in [0.29, 0.717) is 11.0 Å². The Morgan fingerprint density at radius 2 is 1.86 bits per heavy atom. The molecule has 0 saturated heterocycles. The van der Waals surface area contributed by atoms with Gasteiger partial charge in [-0.2, -0.15) is 28.1 Å². The number of alkyl halides is 3. The summed E-state index contributed by atoms with van der Waals surface area (Å²) in [5.74, 6) is 0.389. The first-order valence-electron chi connectivity index (χ1n) is 5.65. The van der Waals surface area contributed by atoms with Gasteiger partial charge in [-0.3, -0.25) is 0 Å². The fourth-order valence-electron chi connectivity index (χ4n) is 1.31. The Morgan fingerprint density at radius 3 is 2.38 bits per heavy atom. The number of anilines is 2. The van der Waals surface area contributed by atoms with Gasteiger partial charge in [-0.15, -0.1) is 0 Å².